The van der Waals surface area contributed by atoms with Crippen LogP contribution in [0.25, 0.3) is 0 Å². The van der Waals surface area contributed by atoms with E-state index in [0.29, 0.717) is 21.5 Å². The molecule has 0 radical (unpaired) electrons. The molecule has 0 bridgehead atoms. The predicted molar refractivity (Wildman–Crippen MR) is 98.1 cm³/mol. The van der Waals surface area contributed by atoms with E-state index in [1.807, 2.05) is 24.3 Å². The number of nitrogens with zero attached hydrogens (tertiary/aromatic N) is 4. The van der Waals surface area contributed by atoms with Gasteiger partial charge in [0.15, 0.2) is 0 Å². The summed E-state index contributed by atoms with van der Waals surface area (Å²) in [5.41, 5.74) is 1.49. The Morgan fingerprint density at radius 3 is 2.83 bits per heavy atom. The van der Waals surface area contributed by atoms with Crippen molar-refractivity contribution in [2.24, 2.45) is 5.10 Å². The molecule has 1 aromatic heterocycles. The fourth-order valence-electron chi connectivity index (χ4n) is 1.86. The molecule has 122 valence electrons. The van der Waals surface area contributed by atoms with Gasteiger partial charge < -0.3 is 0 Å². The van der Waals surface area contributed by atoms with E-state index in [9.17, 15) is 4.39 Å². The van der Waals surface area contributed by atoms with Crippen molar-refractivity contribution in [3.8, 4) is 0 Å². The number of thioether (sulfide) groups is 1. The molecule has 0 saturated heterocycles. The third-order valence-corrected chi connectivity index (χ3v) is 4.81. The SMILES string of the molecule is Fc1ccc(Br)cc1/C=N/n1cnnc1SCc1ccc(Cl)cc1. The van der Waals surface area contributed by atoms with E-state index in [1.54, 1.807) is 12.1 Å². The average molecular weight is 426 g/mol. The van der Waals surface area contributed by atoms with Crippen LogP contribution in [0.4, 0.5) is 4.39 Å². The molecule has 0 amide bonds. The van der Waals surface area contributed by atoms with E-state index in [-0.39, 0.29) is 5.82 Å². The van der Waals surface area contributed by atoms with E-state index in [2.05, 4.69) is 31.2 Å². The summed E-state index contributed by atoms with van der Waals surface area (Å²) in [5, 5.41) is 13.4. The zero-order chi connectivity index (χ0) is 16.9. The first kappa shape index (κ1) is 17.1. The van der Waals surface area contributed by atoms with Gasteiger partial charge in [-0.25, -0.2) is 4.39 Å². The number of hydrogen-bond donors (Lipinski definition) is 0. The minimum absolute atomic E-state index is 0.342. The van der Waals surface area contributed by atoms with Gasteiger partial charge in [0, 0.05) is 20.8 Å². The quantitative estimate of drug-likeness (QED) is 0.426. The molecule has 4 nitrogen and oxygen atoms in total. The Labute approximate surface area is 155 Å². The summed E-state index contributed by atoms with van der Waals surface area (Å²) in [5.74, 6) is 0.363. The van der Waals surface area contributed by atoms with Crippen LogP contribution in [0.1, 0.15) is 11.1 Å². The minimum atomic E-state index is -0.342. The summed E-state index contributed by atoms with van der Waals surface area (Å²) in [7, 11) is 0. The van der Waals surface area contributed by atoms with Crippen molar-refractivity contribution in [3.05, 3.63) is 75.2 Å². The third-order valence-electron chi connectivity index (χ3n) is 3.06. The lowest BCUT2D eigenvalue weighted by atomic mass is 10.2. The summed E-state index contributed by atoms with van der Waals surface area (Å²) < 4.78 is 16.0. The van der Waals surface area contributed by atoms with E-state index in [1.165, 1.54) is 35.0 Å². The highest BCUT2D eigenvalue weighted by molar-refractivity contribution is 9.10. The van der Waals surface area contributed by atoms with Gasteiger partial charge in [-0.05, 0) is 35.9 Å². The Kier molecular flexibility index (Phi) is 5.65. The van der Waals surface area contributed by atoms with Crippen molar-refractivity contribution in [2.75, 3.05) is 0 Å². The fraction of sp³-hybridized carbons (Fsp3) is 0.0625. The van der Waals surface area contributed by atoms with Gasteiger partial charge in [-0.1, -0.05) is 51.4 Å². The van der Waals surface area contributed by atoms with Crippen molar-refractivity contribution >= 4 is 45.5 Å². The Bertz CT molecular complexity index is 867. The second-order valence-corrected chi connectivity index (χ2v) is 7.08. The van der Waals surface area contributed by atoms with Crippen molar-refractivity contribution < 1.29 is 4.39 Å². The van der Waals surface area contributed by atoms with Crippen LogP contribution in [0.15, 0.2) is 63.5 Å². The second-order valence-electron chi connectivity index (χ2n) is 4.78. The number of benzene rings is 2. The van der Waals surface area contributed by atoms with E-state index in [0.717, 1.165) is 10.0 Å². The van der Waals surface area contributed by atoms with Crippen molar-refractivity contribution in [1.29, 1.82) is 0 Å². The van der Waals surface area contributed by atoms with Crippen LogP contribution in [0.5, 0.6) is 0 Å². The first-order chi connectivity index (χ1) is 11.6. The first-order valence-electron chi connectivity index (χ1n) is 6.88. The van der Waals surface area contributed by atoms with Gasteiger partial charge in [0.2, 0.25) is 5.16 Å². The summed E-state index contributed by atoms with van der Waals surface area (Å²) in [6.45, 7) is 0. The highest BCUT2D eigenvalue weighted by Gasteiger charge is 2.05. The highest BCUT2D eigenvalue weighted by Crippen LogP contribution is 2.22. The van der Waals surface area contributed by atoms with Crippen LogP contribution in [0.3, 0.4) is 0 Å². The smallest absolute Gasteiger partial charge is 0.206 e. The average Bonchev–Trinajstić information content (AvgIpc) is 3.02. The Hall–Kier alpha value is -1.70. The van der Waals surface area contributed by atoms with Gasteiger partial charge in [-0.2, -0.15) is 9.78 Å². The van der Waals surface area contributed by atoms with Crippen LogP contribution in [0.2, 0.25) is 5.02 Å². The number of aromatic nitrogens is 3. The third kappa shape index (κ3) is 4.43. The maximum atomic E-state index is 13.7. The summed E-state index contributed by atoms with van der Waals surface area (Å²) in [4.78, 5) is 0. The molecule has 2 aromatic carbocycles. The van der Waals surface area contributed by atoms with Gasteiger partial charge in [0.05, 0.1) is 6.21 Å². The summed E-state index contributed by atoms with van der Waals surface area (Å²) >= 11 is 10.7. The molecule has 1 heterocycles. The van der Waals surface area contributed by atoms with E-state index >= 15 is 0 Å². The molecule has 0 spiro atoms. The molecule has 0 aliphatic rings. The van der Waals surface area contributed by atoms with Crippen LogP contribution in [0, 0.1) is 5.82 Å². The Morgan fingerprint density at radius 1 is 1.25 bits per heavy atom. The van der Waals surface area contributed by atoms with Gasteiger partial charge in [0.25, 0.3) is 0 Å². The lowest BCUT2D eigenvalue weighted by molar-refractivity contribution is 0.625. The van der Waals surface area contributed by atoms with Crippen LogP contribution in [-0.2, 0) is 5.75 Å². The molecule has 3 rings (SSSR count). The van der Waals surface area contributed by atoms with Gasteiger partial charge >= 0.3 is 0 Å². The Morgan fingerprint density at radius 2 is 2.04 bits per heavy atom. The zero-order valence-electron chi connectivity index (χ0n) is 12.2. The molecule has 0 N–H and O–H groups in total. The van der Waals surface area contributed by atoms with E-state index in [4.69, 9.17) is 11.6 Å². The lowest BCUT2D eigenvalue weighted by Crippen LogP contribution is -1.94. The van der Waals surface area contributed by atoms with Gasteiger partial charge in [-0.3, -0.25) is 0 Å². The van der Waals surface area contributed by atoms with Crippen molar-refractivity contribution in [1.82, 2.24) is 14.9 Å². The lowest BCUT2D eigenvalue weighted by Gasteiger charge is -2.02. The van der Waals surface area contributed by atoms with Gasteiger partial charge in [-0.15, -0.1) is 10.2 Å². The largest absolute Gasteiger partial charge is 0.212 e. The molecule has 0 atom stereocenters. The number of rotatable bonds is 5. The molecule has 0 unspecified atom stereocenters. The molecule has 24 heavy (non-hydrogen) atoms. The summed E-state index contributed by atoms with van der Waals surface area (Å²) in [6, 6.07) is 12.3. The predicted octanol–water partition coefficient (Wildman–Crippen LogP) is 5.01. The van der Waals surface area contributed by atoms with Crippen molar-refractivity contribution in [2.45, 2.75) is 10.9 Å². The van der Waals surface area contributed by atoms with Gasteiger partial charge in [0.1, 0.15) is 12.1 Å². The van der Waals surface area contributed by atoms with Crippen molar-refractivity contribution in [3.63, 3.8) is 0 Å². The Balaban J connectivity index is 1.72. The first-order valence-corrected chi connectivity index (χ1v) is 9.04. The molecule has 0 saturated carbocycles. The monoisotopic (exact) mass is 424 g/mol. The molecular weight excluding hydrogens is 415 g/mol. The fourth-order valence-corrected chi connectivity index (χ4v) is 3.18. The van der Waals surface area contributed by atoms with Crippen LogP contribution in [-0.4, -0.2) is 21.1 Å². The second kappa shape index (κ2) is 7.92. The van der Waals surface area contributed by atoms with Crippen LogP contribution < -0.4 is 0 Å². The normalized spacial score (nSPS) is 11.3. The highest BCUT2D eigenvalue weighted by atomic mass is 79.9. The minimum Gasteiger partial charge on any atom is -0.206 e. The standard InChI is InChI=1S/C16H11BrClFN4S/c17-13-3-6-15(19)12(7-13)8-21-23-10-20-22-16(23)24-9-11-1-4-14(18)5-2-11/h1-8,10H,9H2/b21-8+. The summed E-state index contributed by atoms with van der Waals surface area (Å²) in [6.07, 6.45) is 2.92. The van der Waals surface area contributed by atoms with E-state index < -0.39 is 0 Å². The topological polar surface area (TPSA) is 43.1 Å². The maximum Gasteiger partial charge on any atom is 0.212 e. The number of hydrogen-bond acceptors (Lipinski definition) is 4. The molecule has 0 aliphatic carbocycles. The molecule has 0 fully saturated rings. The molecular formula is C16H11BrClFN4S. The van der Waals surface area contributed by atoms with Crippen LogP contribution >= 0.6 is 39.3 Å². The zero-order valence-corrected chi connectivity index (χ0v) is 15.4. The maximum absolute atomic E-state index is 13.7. The molecule has 8 heteroatoms. The molecule has 3 aromatic rings. The number of halogens is 3. The molecule has 0 aliphatic heterocycles.